The first-order chi connectivity index (χ1) is 9.45. The lowest BCUT2D eigenvalue weighted by Gasteiger charge is -2.35. The fraction of sp³-hybridized carbons (Fsp3) is 0.462. The Bertz CT molecular complexity index is 632. The number of benzene rings is 1. The van der Waals surface area contributed by atoms with Crippen molar-refractivity contribution in [1.82, 2.24) is 4.31 Å². The van der Waals surface area contributed by atoms with Crippen molar-refractivity contribution < 1.29 is 8.42 Å². The van der Waals surface area contributed by atoms with Gasteiger partial charge in [0.15, 0.2) is 0 Å². The third-order valence-corrected chi connectivity index (χ3v) is 5.33. The van der Waals surface area contributed by atoms with Crippen molar-refractivity contribution in [2.75, 3.05) is 37.3 Å². The maximum Gasteiger partial charge on any atom is 0.211 e. The third kappa shape index (κ3) is 3.32. The number of hydrogen-bond acceptors (Lipinski definition) is 4. The monoisotopic (exact) mass is 357 g/mol. The smallest absolute Gasteiger partial charge is 0.211 e. The highest BCUT2D eigenvalue weighted by atomic mass is 79.9. The van der Waals surface area contributed by atoms with Crippen LogP contribution in [0.2, 0.25) is 0 Å². The average molecular weight is 358 g/mol. The molecule has 0 radical (unpaired) electrons. The molecule has 0 atom stereocenters. The van der Waals surface area contributed by atoms with E-state index in [-0.39, 0.29) is 0 Å². The molecule has 7 heteroatoms. The van der Waals surface area contributed by atoms with Crippen LogP contribution in [0.5, 0.6) is 0 Å². The van der Waals surface area contributed by atoms with Crippen LogP contribution in [0, 0.1) is 11.3 Å². The van der Waals surface area contributed by atoms with Gasteiger partial charge in [0.2, 0.25) is 10.0 Å². The molecule has 1 aliphatic heterocycles. The molecule has 2 rings (SSSR count). The summed E-state index contributed by atoms with van der Waals surface area (Å²) in [5.41, 5.74) is 2.57. The topological polar surface area (TPSA) is 64.4 Å². The molecule has 0 bridgehead atoms. The fourth-order valence-electron chi connectivity index (χ4n) is 2.29. The predicted octanol–water partition coefficient (Wildman–Crippen LogP) is 1.53. The molecule has 1 aliphatic rings. The second kappa shape index (κ2) is 6.12. The first-order valence-electron chi connectivity index (χ1n) is 6.25. The number of rotatable bonds is 3. The summed E-state index contributed by atoms with van der Waals surface area (Å²) in [5.74, 6) is 0. The Labute approximate surface area is 128 Å². The quantitative estimate of drug-likeness (QED) is 0.769. The zero-order valence-electron chi connectivity index (χ0n) is 11.2. The first-order valence-corrected chi connectivity index (χ1v) is 9.21. The van der Waals surface area contributed by atoms with Gasteiger partial charge >= 0.3 is 0 Å². The summed E-state index contributed by atoms with van der Waals surface area (Å²) in [5, 5.41) is 9.96. The number of alkyl halides is 1. The molecule has 1 heterocycles. The van der Waals surface area contributed by atoms with Gasteiger partial charge in [-0.1, -0.05) is 22.0 Å². The van der Waals surface area contributed by atoms with Gasteiger partial charge in [-0.15, -0.1) is 0 Å². The minimum absolute atomic E-state index is 0.462. The molecule has 0 aliphatic carbocycles. The standard InChI is InChI=1S/C13H16BrN3O2S/c1-20(18,19)17-6-4-16(5-7-17)13-3-2-11(9-14)8-12(13)10-15/h2-3,8H,4-7,9H2,1H3. The zero-order chi connectivity index (χ0) is 14.8. The molecule has 1 aromatic rings. The molecular formula is C13H16BrN3O2S. The van der Waals surface area contributed by atoms with Crippen LogP contribution in [-0.4, -0.2) is 45.2 Å². The highest BCUT2D eigenvalue weighted by Crippen LogP contribution is 2.24. The molecule has 0 spiro atoms. The number of nitriles is 1. The highest BCUT2D eigenvalue weighted by molar-refractivity contribution is 9.08. The summed E-state index contributed by atoms with van der Waals surface area (Å²) in [6.45, 7) is 2.14. The zero-order valence-corrected chi connectivity index (χ0v) is 13.6. The molecule has 0 saturated carbocycles. The van der Waals surface area contributed by atoms with E-state index in [9.17, 15) is 13.7 Å². The Morgan fingerprint density at radius 1 is 1.30 bits per heavy atom. The van der Waals surface area contributed by atoms with Gasteiger partial charge in [0.25, 0.3) is 0 Å². The molecular weight excluding hydrogens is 342 g/mol. The number of hydrogen-bond donors (Lipinski definition) is 0. The number of nitrogens with zero attached hydrogens (tertiary/aromatic N) is 3. The second-order valence-corrected chi connectivity index (χ2v) is 7.29. The van der Waals surface area contributed by atoms with E-state index in [1.807, 2.05) is 18.2 Å². The molecule has 5 nitrogen and oxygen atoms in total. The van der Waals surface area contributed by atoms with Crippen molar-refractivity contribution in [3.8, 4) is 6.07 Å². The summed E-state index contributed by atoms with van der Waals surface area (Å²) in [6, 6.07) is 8.00. The van der Waals surface area contributed by atoms with Crippen molar-refractivity contribution in [2.24, 2.45) is 0 Å². The number of piperazine rings is 1. The second-order valence-electron chi connectivity index (χ2n) is 4.75. The van der Waals surface area contributed by atoms with Gasteiger partial charge < -0.3 is 4.90 Å². The Hall–Kier alpha value is -1.10. The van der Waals surface area contributed by atoms with Crippen LogP contribution in [0.4, 0.5) is 5.69 Å². The van der Waals surface area contributed by atoms with Gasteiger partial charge in [-0.25, -0.2) is 8.42 Å². The van der Waals surface area contributed by atoms with Crippen LogP contribution < -0.4 is 4.90 Å². The summed E-state index contributed by atoms with van der Waals surface area (Å²) in [7, 11) is -3.12. The third-order valence-electron chi connectivity index (χ3n) is 3.38. The predicted molar refractivity (Wildman–Crippen MR) is 82.4 cm³/mol. The van der Waals surface area contributed by atoms with Crippen LogP contribution in [0.15, 0.2) is 18.2 Å². The number of anilines is 1. The normalized spacial score (nSPS) is 16.9. The van der Waals surface area contributed by atoms with E-state index in [1.54, 1.807) is 0 Å². The van der Waals surface area contributed by atoms with Gasteiger partial charge in [-0.2, -0.15) is 9.57 Å². The van der Waals surface area contributed by atoms with Crippen molar-refractivity contribution in [1.29, 1.82) is 5.26 Å². The van der Waals surface area contributed by atoms with Gasteiger partial charge in [0.1, 0.15) is 6.07 Å². The molecule has 20 heavy (non-hydrogen) atoms. The van der Waals surface area contributed by atoms with Crippen molar-refractivity contribution in [3.63, 3.8) is 0 Å². The Balaban J connectivity index is 2.17. The van der Waals surface area contributed by atoms with E-state index in [4.69, 9.17) is 0 Å². The van der Waals surface area contributed by atoms with E-state index in [0.717, 1.165) is 11.3 Å². The Morgan fingerprint density at radius 3 is 2.45 bits per heavy atom. The minimum Gasteiger partial charge on any atom is -0.368 e. The van der Waals surface area contributed by atoms with E-state index < -0.39 is 10.0 Å². The molecule has 0 N–H and O–H groups in total. The maximum absolute atomic E-state index is 11.5. The van der Waals surface area contributed by atoms with E-state index >= 15 is 0 Å². The Morgan fingerprint density at radius 2 is 1.95 bits per heavy atom. The fourth-order valence-corrected chi connectivity index (χ4v) is 3.47. The number of halogens is 1. The summed E-state index contributed by atoms with van der Waals surface area (Å²) in [6.07, 6.45) is 1.23. The van der Waals surface area contributed by atoms with Gasteiger partial charge in [-0.3, -0.25) is 0 Å². The highest BCUT2D eigenvalue weighted by Gasteiger charge is 2.24. The van der Waals surface area contributed by atoms with Crippen LogP contribution in [0.3, 0.4) is 0 Å². The molecule has 0 aromatic heterocycles. The van der Waals surface area contributed by atoms with Crippen molar-refractivity contribution >= 4 is 31.6 Å². The van der Waals surface area contributed by atoms with Gasteiger partial charge in [0.05, 0.1) is 17.5 Å². The lowest BCUT2D eigenvalue weighted by Crippen LogP contribution is -2.48. The largest absolute Gasteiger partial charge is 0.368 e. The molecule has 0 unspecified atom stereocenters. The van der Waals surface area contributed by atoms with Crippen molar-refractivity contribution in [2.45, 2.75) is 5.33 Å². The molecule has 1 fully saturated rings. The SMILES string of the molecule is CS(=O)(=O)N1CCN(c2ccc(CBr)cc2C#N)CC1. The van der Waals surface area contributed by atoms with Crippen LogP contribution in [0.25, 0.3) is 0 Å². The molecule has 108 valence electrons. The summed E-state index contributed by atoms with van der Waals surface area (Å²) in [4.78, 5) is 2.07. The lowest BCUT2D eigenvalue weighted by molar-refractivity contribution is 0.388. The van der Waals surface area contributed by atoms with Crippen LogP contribution >= 0.6 is 15.9 Å². The maximum atomic E-state index is 11.5. The summed E-state index contributed by atoms with van der Waals surface area (Å²) < 4.78 is 24.4. The lowest BCUT2D eigenvalue weighted by atomic mass is 10.1. The minimum atomic E-state index is -3.12. The number of sulfonamides is 1. The molecule has 1 saturated heterocycles. The average Bonchev–Trinajstić information content (AvgIpc) is 2.45. The van der Waals surface area contributed by atoms with E-state index in [0.29, 0.717) is 37.1 Å². The molecule has 1 aromatic carbocycles. The Kier molecular flexibility index (Phi) is 4.68. The van der Waals surface area contributed by atoms with E-state index in [1.165, 1.54) is 10.6 Å². The summed E-state index contributed by atoms with van der Waals surface area (Å²) >= 11 is 3.37. The van der Waals surface area contributed by atoms with Crippen LogP contribution in [0.1, 0.15) is 11.1 Å². The van der Waals surface area contributed by atoms with Gasteiger partial charge in [-0.05, 0) is 17.7 Å². The first kappa shape index (κ1) is 15.3. The van der Waals surface area contributed by atoms with Crippen molar-refractivity contribution in [3.05, 3.63) is 29.3 Å². The van der Waals surface area contributed by atoms with Gasteiger partial charge in [0, 0.05) is 31.5 Å². The van der Waals surface area contributed by atoms with E-state index in [2.05, 4.69) is 26.9 Å². The van der Waals surface area contributed by atoms with Crippen LogP contribution in [-0.2, 0) is 15.4 Å². The molecule has 0 amide bonds.